The van der Waals surface area contributed by atoms with Crippen LogP contribution >= 0.6 is 0 Å². The molecule has 0 amide bonds. The maximum absolute atomic E-state index is 13.3. The molecule has 5 aromatic rings. The van der Waals surface area contributed by atoms with E-state index < -0.39 is 41.8 Å². The molecule has 1 fully saturated rings. The molecule has 1 heterocycles. The molecule has 1 aliphatic heterocycles. The van der Waals surface area contributed by atoms with E-state index in [1.54, 1.807) is 60.7 Å². The number of benzene rings is 5. The predicted molar refractivity (Wildman–Crippen MR) is 166 cm³/mol. The highest BCUT2D eigenvalue weighted by Gasteiger charge is 2.52. The Morgan fingerprint density at radius 1 is 0.556 bits per heavy atom. The van der Waals surface area contributed by atoms with Gasteiger partial charge >= 0.3 is 17.9 Å². The summed E-state index contributed by atoms with van der Waals surface area (Å²) in [6.45, 7) is -0.184. The first-order valence-corrected chi connectivity index (χ1v) is 14.6. The molecule has 0 N–H and O–H groups in total. The minimum Gasteiger partial charge on any atom is -0.453 e. The number of hydrogen-bond acceptors (Lipinski definition) is 7. The maximum Gasteiger partial charge on any atom is 0.352 e. The molecular weight excluding hydrogens is 568 g/mol. The minimum absolute atomic E-state index is 0.184. The van der Waals surface area contributed by atoms with Crippen molar-refractivity contribution in [2.45, 2.75) is 23.9 Å². The second kappa shape index (κ2) is 13.4. The van der Waals surface area contributed by atoms with E-state index in [4.69, 9.17) is 18.9 Å². The molecule has 6 rings (SSSR count). The monoisotopic (exact) mass is 598 g/mol. The summed E-state index contributed by atoms with van der Waals surface area (Å²) in [6, 6.07) is 45.8. The highest BCUT2D eigenvalue weighted by molar-refractivity contribution is 5.93. The average Bonchev–Trinajstić information content (AvgIpc) is 3.39. The summed E-state index contributed by atoms with van der Waals surface area (Å²) < 4.78 is 24.1. The Labute approximate surface area is 261 Å². The van der Waals surface area contributed by atoms with Crippen molar-refractivity contribution < 1.29 is 33.3 Å². The summed E-state index contributed by atoms with van der Waals surface area (Å²) >= 11 is 0. The molecule has 1 saturated heterocycles. The van der Waals surface area contributed by atoms with Crippen LogP contribution in [-0.4, -0.2) is 42.8 Å². The Balaban J connectivity index is 1.36. The summed E-state index contributed by atoms with van der Waals surface area (Å²) in [4.78, 5) is 39.5. The van der Waals surface area contributed by atoms with Crippen molar-refractivity contribution in [2.24, 2.45) is 0 Å². The van der Waals surface area contributed by atoms with Crippen LogP contribution in [0.1, 0.15) is 37.4 Å². The molecular formula is C38H30O7. The molecule has 7 heteroatoms. The van der Waals surface area contributed by atoms with E-state index in [9.17, 15) is 14.4 Å². The van der Waals surface area contributed by atoms with E-state index in [1.807, 2.05) is 91.0 Å². The number of cyclic esters (lactones) is 1. The zero-order valence-corrected chi connectivity index (χ0v) is 24.2. The topological polar surface area (TPSA) is 88.1 Å². The zero-order chi connectivity index (χ0) is 31.1. The molecule has 224 valence electrons. The van der Waals surface area contributed by atoms with E-state index in [0.717, 1.165) is 16.7 Å². The number of rotatable bonds is 10. The summed E-state index contributed by atoms with van der Waals surface area (Å²) in [7, 11) is 0. The van der Waals surface area contributed by atoms with Crippen molar-refractivity contribution in [2.75, 3.05) is 6.61 Å². The third kappa shape index (κ3) is 6.25. The molecule has 0 saturated carbocycles. The SMILES string of the molecule is O=C(OC1C(=O)O[C@H](COC(c2ccccc2)(c2ccccc2)c2ccccc2)[C@H]1OC(=O)c1ccccc1)c1ccccc1. The van der Waals surface area contributed by atoms with Crippen molar-refractivity contribution in [1.82, 2.24) is 0 Å². The predicted octanol–water partition coefficient (Wildman–Crippen LogP) is 6.37. The molecule has 7 nitrogen and oxygen atoms in total. The summed E-state index contributed by atoms with van der Waals surface area (Å²) in [6.07, 6.45) is -3.87. The number of esters is 3. The van der Waals surface area contributed by atoms with Gasteiger partial charge in [-0.2, -0.15) is 0 Å². The molecule has 3 atom stereocenters. The smallest absolute Gasteiger partial charge is 0.352 e. The molecule has 0 aromatic heterocycles. The Hall–Kier alpha value is -5.53. The lowest BCUT2D eigenvalue weighted by molar-refractivity contribution is -0.150. The molecule has 5 aromatic carbocycles. The highest BCUT2D eigenvalue weighted by atomic mass is 16.7. The van der Waals surface area contributed by atoms with E-state index in [0.29, 0.717) is 0 Å². The van der Waals surface area contributed by atoms with Crippen molar-refractivity contribution in [3.05, 3.63) is 179 Å². The first-order chi connectivity index (χ1) is 22.1. The molecule has 0 aliphatic carbocycles. The molecule has 0 bridgehead atoms. The van der Waals surface area contributed by atoms with Gasteiger partial charge in [0.05, 0.1) is 17.7 Å². The van der Waals surface area contributed by atoms with Crippen LogP contribution in [0, 0.1) is 0 Å². The van der Waals surface area contributed by atoms with Gasteiger partial charge in [0, 0.05) is 0 Å². The number of ether oxygens (including phenoxy) is 4. The van der Waals surface area contributed by atoms with Gasteiger partial charge in [-0.25, -0.2) is 14.4 Å². The third-order valence-electron chi connectivity index (χ3n) is 7.67. The fourth-order valence-corrected chi connectivity index (χ4v) is 5.49. The maximum atomic E-state index is 13.3. The van der Waals surface area contributed by atoms with Gasteiger partial charge in [0.2, 0.25) is 6.10 Å². The zero-order valence-electron chi connectivity index (χ0n) is 24.2. The fraction of sp³-hybridized carbons (Fsp3) is 0.132. The first kappa shape index (κ1) is 29.5. The van der Waals surface area contributed by atoms with Crippen molar-refractivity contribution in [3.63, 3.8) is 0 Å². The van der Waals surface area contributed by atoms with Crippen LogP contribution in [0.25, 0.3) is 0 Å². The number of carbonyl (C=O) groups excluding carboxylic acids is 3. The Morgan fingerprint density at radius 2 is 0.933 bits per heavy atom. The molecule has 1 aliphatic rings. The Kier molecular flexibility index (Phi) is 8.80. The molecule has 45 heavy (non-hydrogen) atoms. The van der Waals surface area contributed by atoms with E-state index in [1.165, 1.54) is 0 Å². The van der Waals surface area contributed by atoms with Gasteiger partial charge in [-0.05, 0) is 41.0 Å². The first-order valence-electron chi connectivity index (χ1n) is 14.6. The minimum atomic E-state index is -1.50. The normalized spacial score (nSPS) is 17.7. The largest absolute Gasteiger partial charge is 0.453 e. The lowest BCUT2D eigenvalue weighted by atomic mass is 9.80. The molecule has 0 radical (unpaired) electrons. The summed E-state index contributed by atoms with van der Waals surface area (Å²) in [5, 5.41) is 0. The van der Waals surface area contributed by atoms with Crippen molar-refractivity contribution >= 4 is 17.9 Å². The third-order valence-corrected chi connectivity index (χ3v) is 7.67. The number of hydrogen-bond donors (Lipinski definition) is 0. The number of carbonyl (C=O) groups is 3. The average molecular weight is 599 g/mol. The second-order valence-electron chi connectivity index (χ2n) is 10.5. The van der Waals surface area contributed by atoms with Gasteiger partial charge in [-0.3, -0.25) is 0 Å². The lowest BCUT2D eigenvalue weighted by Crippen LogP contribution is -2.43. The fourth-order valence-electron chi connectivity index (χ4n) is 5.49. The van der Waals surface area contributed by atoms with Crippen LogP contribution in [0.4, 0.5) is 0 Å². The van der Waals surface area contributed by atoms with Crippen LogP contribution in [0.2, 0.25) is 0 Å². The van der Waals surface area contributed by atoms with E-state index >= 15 is 0 Å². The van der Waals surface area contributed by atoms with Crippen LogP contribution in [0.3, 0.4) is 0 Å². The van der Waals surface area contributed by atoms with Gasteiger partial charge < -0.3 is 18.9 Å². The van der Waals surface area contributed by atoms with Gasteiger partial charge in [-0.15, -0.1) is 0 Å². The molecule has 0 spiro atoms. The van der Waals surface area contributed by atoms with Gasteiger partial charge in [0.15, 0.2) is 12.2 Å². The van der Waals surface area contributed by atoms with E-state index in [-0.39, 0.29) is 17.7 Å². The Bertz CT molecular complexity index is 1630. The van der Waals surface area contributed by atoms with Gasteiger partial charge in [0.1, 0.15) is 5.60 Å². The van der Waals surface area contributed by atoms with Gasteiger partial charge in [0.25, 0.3) is 0 Å². The Morgan fingerprint density at radius 3 is 1.36 bits per heavy atom. The van der Waals surface area contributed by atoms with Gasteiger partial charge in [-0.1, -0.05) is 127 Å². The molecule has 1 unspecified atom stereocenters. The van der Waals surface area contributed by atoms with Crippen LogP contribution in [0.5, 0.6) is 0 Å². The lowest BCUT2D eigenvalue weighted by Gasteiger charge is -2.37. The van der Waals surface area contributed by atoms with Crippen LogP contribution in [0.15, 0.2) is 152 Å². The summed E-state index contributed by atoms with van der Waals surface area (Å²) in [5.74, 6) is -2.26. The van der Waals surface area contributed by atoms with Crippen molar-refractivity contribution in [1.29, 1.82) is 0 Å². The second-order valence-corrected chi connectivity index (χ2v) is 10.5. The summed E-state index contributed by atoms with van der Waals surface area (Å²) in [5.41, 5.74) is 1.93. The standard InChI is InChI=1S/C38H30O7/c39-35(27-16-6-1-7-17-27)44-33-32(43-37(41)34(33)45-36(40)28-18-8-2-9-19-28)26-42-38(29-20-10-3-11-21-29,30-22-12-4-13-23-30)31-24-14-5-15-25-31/h1-25,32-34H,26H2/t32-,33-,34?/m1/s1. The van der Waals surface area contributed by atoms with Crippen LogP contribution in [-0.2, 0) is 29.3 Å². The van der Waals surface area contributed by atoms with E-state index in [2.05, 4.69) is 0 Å². The van der Waals surface area contributed by atoms with Crippen molar-refractivity contribution in [3.8, 4) is 0 Å². The quantitative estimate of drug-likeness (QED) is 0.105. The highest BCUT2D eigenvalue weighted by Crippen LogP contribution is 2.41. The van der Waals surface area contributed by atoms with Crippen LogP contribution < -0.4 is 0 Å².